The summed E-state index contributed by atoms with van der Waals surface area (Å²) in [5.74, 6) is -0.406. The number of carbonyl (C=O) groups excluding carboxylic acids is 2. The average Bonchev–Trinajstić information content (AvgIpc) is 2.69. The third-order valence-corrected chi connectivity index (χ3v) is 2.96. The minimum Gasteiger partial charge on any atom is -0.458 e. The fourth-order valence-electron chi connectivity index (χ4n) is 2.16. The molecule has 2 amide bonds. The van der Waals surface area contributed by atoms with E-state index in [9.17, 15) is 9.59 Å². The summed E-state index contributed by atoms with van der Waals surface area (Å²) < 4.78 is 5.34. The van der Waals surface area contributed by atoms with Gasteiger partial charge in [0, 0.05) is 0 Å². The summed E-state index contributed by atoms with van der Waals surface area (Å²) in [7, 11) is 0. The highest BCUT2D eigenvalue weighted by Gasteiger charge is 2.39. The van der Waals surface area contributed by atoms with E-state index in [0.29, 0.717) is 6.42 Å². The summed E-state index contributed by atoms with van der Waals surface area (Å²) in [4.78, 5) is 23.6. The van der Waals surface area contributed by atoms with Gasteiger partial charge in [-0.15, -0.1) is 0 Å². The summed E-state index contributed by atoms with van der Waals surface area (Å²) in [6, 6.07) is 8.46. The molecule has 0 spiro atoms. The Hall–Kier alpha value is -2.04. The molecule has 1 aromatic carbocycles. The first-order valence-electron chi connectivity index (χ1n) is 6.69. The molecule has 1 heterocycles. The number of benzene rings is 1. The van der Waals surface area contributed by atoms with Crippen molar-refractivity contribution in [3.05, 3.63) is 35.9 Å². The van der Waals surface area contributed by atoms with Gasteiger partial charge in [-0.1, -0.05) is 30.3 Å². The number of urea groups is 1. The van der Waals surface area contributed by atoms with Gasteiger partial charge in [-0.05, 0) is 32.8 Å². The molecule has 5 heteroatoms. The second-order valence-corrected chi connectivity index (χ2v) is 5.93. The Kier molecular flexibility index (Phi) is 3.97. The quantitative estimate of drug-likeness (QED) is 0.824. The first-order valence-corrected chi connectivity index (χ1v) is 6.69. The van der Waals surface area contributed by atoms with E-state index < -0.39 is 17.6 Å². The minimum absolute atomic E-state index is 0.292. The van der Waals surface area contributed by atoms with Gasteiger partial charge in [-0.2, -0.15) is 0 Å². The van der Waals surface area contributed by atoms with Crippen LogP contribution in [-0.4, -0.2) is 29.7 Å². The van der Waals surface area contributed by atoms with Gasteiger partial charge in [0.15, 0.2) is 0 Å². The molecule has 2 atom stereocenters. The number of ether oxygens (including phenoxy) is 1. The number of carbonyl (C=O) groups is 2. The fourth-order valence-corrected chi connectivity index (χ4v) is 2.16. The molecule has 2 N–H and O–H groups in total. The van der Waals surface area contributed by atoms with Crippen LogP contribution in [0, 0.1) is 0 Å². The monoisotopic (exact) mass is 276 g/mol. The number of hydrogen-bond acceptors (Lipinski definition) is 3. The molecule has 0 aliphatic carbocycles. The standard InChI is InChI=1S/C15H20N2O3/c1-15(2,3)20-13(18)12-11(16-14(19)17-12)9-10-7-5-4-6-8-10/h4-8,11-12H,9H2,1-3H3,(H2,16,17,19). The molecule has 20 heavy (non-hydrogen) atoms. The van der Waals surface area contributed by atoms with Gasteiger partial charge in [0.25, 0.3) is 0 Å². The van der Waals surface area contributed by atoms with Crippen molar-refractivity contribution in [3.63, 3.8) is 0 Å². The number of amides is 2. The Morgan fingerprint density at radius 3 is 2.45 bits per heavy atom. The van der Waals surface area contributed by atoms with Crippen molar-refractivity contribution in [3.8, 4) is 0 Å². The highest BCUT2D eigenvalue weighted by atomic mass is 16.6. The Bertz CT molecular complexity index is 494. The smallest absolute Gasteiger partial charge is 0.331 e. The Balaban J connectivity index is 2.07. The number of nitrogens with one attached hydrogen (secondary N) is 2. The van der Waals surface area contributed by atoms with Crippen molar-refractivity contribution < 1.29 is 14.3 Å². The Labute approximate surface area is 118 Å². The molecule has 0 saturated carbocycles. The number of rotatable bonds is 3. The molecule has 1 fully saturated rings. The van der Waals surface area contributed by atoms with E-state index in [1.807, 2.05) is 30.3 Å². The van der Waals surface area contributed by atoms with Crippen molar-refractivity contribution in [1.29, 1.82) is 0 Å². The molecular formula is C15H20N2O3. The summed E-state index contributed by atoms with van der Waals surface area (Å²) in [6.45, 7) is 5.42. The first-order chi connectivity index (χ1) is 9.35. The lowest BCUT2D eigenvalue weighted by atomic mass is 10.0. The summed E-state index contributed by atoms with van der Waals surface area (Å²) in [5, 5.41) is 5.39. The van der Waals surface area contributed by atoms with Gasteiger partial charge in [-0.25, -0.2) is 9.59 Å². The van der Waals surface area contributed by atoms with Crippen LogP contribution in [0.4, 0.5) is 4.79 Å². The topological polar surface area (TPSA) is 67.4 Å². The predicted molar refractivity (Wildman–Crippen MR) is 75.2 cm³/mol. The van der Waals surface area contributed by atoms with E-state index in [1.165, 1.54) is 0 Å². The Morgan fingerprint density at radius 2 is 1.85 bits per heavy atom. The van der Waals surface area contributed by atoms with Gasteiger partial charge in [0.1, 0.15) is 11.6 Å². The molecular weight excluding hydrogens is 256 g/mol. The molecule has 108 valence electrons. The van der Waals surface area contributed by atoms with Gasteiger partial charge in [0.2, 0.25) is 0 Å². The molecule has 1 saturated heterocycles. The van der Waals surface area contributed by atoms with Crippen LogP contribution < -0.4 is 10.6 Å². The maximum Gasteiger partial charge on any atom is 0.331 e. The second kappa shape index (κ2) is 5.53. The molecule has 0 bridgehead atoms. The van der Waals surface area contributed by atoms with Crippen molar-refractivity contribution in [2.75, 3.05) is 0 Å². The van der Waals surface area contributed by atoms with Crippen LogP contribution in [0.2, 0.25) is 0 Å². The van der Waals surface area contributed by atoms with E-state index in [-0.39, 0.29) is 12.1 Å². The normalized spacial score (nSPS) is 22.1. The van der Waals surface area contributed by atoms with Gasteiger partial charge in [0.05, 0.1) is 6.04 Å². The molecule has 1 aliphatic heterocycles. The van der Waals surface area contributed by atoms with Crippen LogP contribution >= 0.6 is 0 Å². The molecule has 2 rings (SSSR count). The van der Waals surface area contributed by atoms with Crippen molar-refractivity contribution in [2.24, 2.45) is 0 Å². The number of esters is 1. The van der Waals surface area contributed by atoms with E-state index in [4.69, 9.17) is 4.74 Å². The third kappa shape index (κ3) is 3.73. The van der Waals surface area contributed by atoms with Crippen LogP contribution in [0.1, 0.15) is 26.3 Å². The van der Waals surface area contributed by atoms with Gasteiger partial charge < -0.3 is 15.4 Å². The zero-order valence-corrected chi connectivity index (χ0v) is 12.0. The second-order valence-electron chi connectivity index (χ2n) is 5.93. The lowest BCUT2D eigenvalue weighted by Crippen LogP contribution is -2.45. The highest BCUT2D eigenvalue weighted by molar-refractivity contribution is 5.88. The highest BCUT2D eigenvalue weighted by Crippen LogP contribution is 2.15. The maximum atomic E-state index is 12.1. The van der Waals surface area contributed by atoms with Crippen LogP contribution in [0.3, 0.4) is 0 Å². The van der Waals surface area contributed by atoms with Crippen molar-refractivity contribution in [1.82, 2.24) is 10.6 Å². The number of hydrogen-bond donors (Lipinski definition) is 2. The zero-order chi connectivity index (χ0) is 14.8. The maximum absolute atomic E-state index is 12.1. The van der Waals surface area contributed by atoms with E-state index in [1.54, 1.807) is 20.8 Å². The lowest BCUT2D eigenvalue weighted by Gasteiger charge is -2.24. The van der Waals surface area contributed by atoms with E-state index in [2.05, 4.69) is 10.6 Å². The molecule has 1 aliphatic rings. The summed E-state index contributed by atoms with van der Waals surface area (Å²) in [5.41, 5.74) is 0.497. The molecule has 5 nitrogen and oxygen atoms in total. The van der Waals surface area contributed by atoms with Crippen molar-refractivity contribution >= 4 is 12.0 Å². The minimum atomic E-state index is -0.651. The van der Waals surface area contributed by atoms with E-state index >= 15 is 0 Å². The average molecular weight is 276 g/mol. The molecule has 1 aromatic rings. The molecule has 2 unspecified atom stereocenters. The van der Waals surface area contributed by atoms with E-state index in [0.717, 1.165) is 5.56 Å². The lowest BCUT2D eigenvalue weighted by molar-refractivity contribution is -0.157. The predicted octanol–water partition coefficient (Wildman–Crippen LogP) is 1.62. The Morgan fingerprint density at radius 1 is 1.20 bits per heavy atom. The first kappa shape index (κ1) is 14.4. The summed E-state index contributed by atoms with van der Waals surface area (Å²) in [6.07, 6.45) is 0.587. The van der Waals surface area contributed by atoms with Gasteiger partial charge >= 0.3 is 12.0 Å². The largest absolute Gasteiger partial charge is 0.458 e. The fraction of sp³-hybridized carbons (Fsp3) is 0.467. The van der Waals surface area contributed by atoms with Crippen LogP contribution in [0.5, 0.6) is 0 Å². The third-order valence-electron chi connectivity index (χ3n) is 2.96. The molecule has 0 aromatic heterocycles. The van der Waals surface area contributed by atoms with Crippen LogP contribution in [0.15, 0.2) is 30.3 Å². The van der Waals surface area contributed by atoms with Crippen LogP contribution in [-0.2, 0) is 16.0 Å². The van der Waals surface area contributed by atoms with Gasteiger partial charge in [-0.3, -0.25) is 0 Å². The zero-order valence-electron chi connectivity index (χ0n) is 12.0. The summed E-state index contributed by atoms with van der Waals surface area (Å²) >= 11 is 0. The molecule has 0 radical (unpaired) electrons. The SMILES string of the molecule is CC(C)(C)OC(=O)C1NC(=O)NC1Cc1ccccc1. The van der Waals surface area contributed by atoms with Crippen molar-refractivity contribution in [2.45, 2.75) is 44.9 Å². The van der Waals surface area contributed by atoms with Crippen LogP contribution in [0.25, 0.3) is 0 Å².